The molecular formula is C20H20F3NO3. The second-order valence-electron chi connectivity index (χ2n) is 6.29. The van der Waals surface area contributed by atoms with E-state index in [1.807, 2.05) is 18.2 Å². The van der Waals surface area contributed by atoms with E-state index in [2.05, 4.69) is 5.32 Å². The summed E-state index contributed by atoms with van der Waals surface area (Å²) in [4.78, 5) is 24.1. The summed E-state index contributed by atoms with van der Waals surface area (Å²) < 4.78 is 43.8. The van der Waals surface area contributed by atoms with Gasteiger partial charge in [-0.3, -0.25) is 4.79 Å². The number of alkyl carbamates (subject to hydrolysis) is 1. The van der Waals surface area contributed by atoms with Crippen LogP contribution in [0, 0.1) is 12.8 Å². The number of ketones is 1. The minimum Gasteiger partial charge on any atom is -0.445 e. The van der Waals surface area contributed by atoms with Crippen LogP contribution in [0.5, 0.6) is 0 Å². The van der Waals surface area contributed by atoms with E-state index in [0.717, 1.165) is 17.7 Å². The van der Waals surface area contributed by atoms with Gasteiger partial charge in [0.25, 0.3) is 0 Å². The normalized spacial score (nSPS) is 12.3. The average molecular weight is 379 g/mol. The number of carbonyl (C=O) groups is 2. The number of amides is 1. The van der Waals surface area contributed by atoms with Gasteiger partial charge in [-0.1, -0.05) is 37.3 Å². The van der Waals surface area contributed by atoms with Crippen LogP contribution in [0.4, 0.5) is 18.0 Å². The number of aryl methyl sites for hydroxylation is 1. The molecule has 144 valence electrons. The zero-order valence-corrected chi connectivity index (χ0v) is 15.0. The highest BCUT2D eigenvalue weighted by molar-refractivity contribution is 5.98. The molecule has 1 unspecified atom stereocenters. The Bertz CT molecular complexity index is 804. The van der Waals surface area contributed by atoms with Gasteiger partial charge in [0, 0.05) is 18.0 Å². The minimum absolute atomic E-state index is 0.0331. The summed E-state index contributed by atoms with van der Waals surface area (Å²) in [7, 11) is 0. The van der Waals surface area contributed by atoms with Crippen molar-refractivity contribution >= 4 is 11.9 Å². The lowest BCUT2D eigenvalue weighted by Gasteiger charge is -2.14. The first-order chi connectivity index (χ1) is 12.7. The largest absolute Gasteiger partial charge is 0.445 e. The highest BCUT2D eigenvalue weighted by Crippen LogP contribution is 2.31. The maximum Gasteiger partial charge on any atom is 0.416 e. The zero-order chi connectivity index (χ0) is 20.0. The molecule has 2 aromatic rings. The third-order valence-electron chi connectivity index (χ3n) is 3.90. The second-order valence-corrected chi connectivity index (χ2v) is 6.29. The molecule has 1 N–H and O–H groups in total. The molecule has 0 saturated carbocycles. The first-order valence-corrected chi connectivity index (χ1v) is 8.34. The van der Waals surface area contributed by atoms with Gasteiger partial charge in [-0.05, 0) is 36.2 Å². The van der Waals surface area contributed by atoms with Gasteiger partial charge in [0.1, 0.15) is 6.61 Å². The van der Waals surface area contributed by atoms with Gasteiger partial charge in [-0.25, -0.2) is 4.79 Å². The van der Waals surface area contributed by atoms with E-state index in [-0.39, 0.29) is 18.7 Å². The van der Waals surface area contributed by atoms with E-state index in [4.69, 9.17) is 4.74 Å². The fourth-order valence-electron chi connectivity index (χ4n) is 2.48. The Balaban J connectivity index is 1.92. The Labute approximate surface area is 155 Å². The first kappa shape index (κ1) is 20.5. The van der Waals surface area contributed by atoms with Crippen molar-refractivity contribution in [3.05, 3.63) is 70.8 Å². The summed E-state index contributed by atoms with van der Waals surface area (Å²) in [6, 6.07) is 12.3. The molecule has 1 atom stereocenters. The number of ether oxygens (including phenoxy) is 1. The van der Waals surface area contributed by atoms with Crippen LogP contribution < -0.4 is 5.32 Å². The van der Waals surface area contributed by atoms with E-state index in [1.165, 1.54) is 19.9 Å². The molecule has 0 heterocycles. The lowest BCUT2D eigenvalue weighted by Crippen LogP contribution is -2.32. The smallest absolute Gasteiger partial charge is 0.416 e. The van der Waals surface area contributed by atoms with E-state index in [1.54, 1.807) is 12.1 Å². The third-order valence-corrected chi connectivity index (χ3v) is 3.90. The van der Waals surface area contributed by atoms with Crippen molar-refractivity contribution in [2.24, 2.45) is 5.92 Å². The van der Waals surface area contributed by atoms with Crippen LogP contribution in [0.3, 0.4) is 0 Å². The molecule has 2 aromatic carbocycles. The Morgan fingerprint density at radius 3 is 2.41 bits per heavy atom. The molecule has 27 heavy (non-hydrogen) atoms. The lowest BCUT2D eigenvalue weighted by molar-refractivity contribution is -0.137. The molecule has 0 fully saturated rings. The van der Waals surface area contributed by atoms with Crippen molar-refractivity contribution in [3.8, 4) is 0 Å². The number of benzene rings is 2. The molecule has 2 rings (SSSR count). The van der Waals surface area contributed by atoms with Gasteiger partial charge in [0.2, 0.25) is 0 Å². The Morgan fingerprint density at radius 2 is 1.78 bits per heavy atom. The van der Waals surface area contributed by atoms with E-state index >= 15 is 0 Å². The van der Waals surface area contributed by atoms with Gasteiger partial charge in [-0.2, -0.15) is 13.2 Å². The van der Waals surface area contributed by atoms with Crippen molar-refractivity contribution in [3.63, 3.8) is 0 Å². The number of carbonyl (C=O) groups excluding carboxylic acids is 2. The number of hydrogen-bond acceptors (Lipinski definition) is 3. The summed E-state index contributed by atoms with van der Waals surface area (Å²) in [6.07, 6.45) is -5.22. The zero-order valence-electron chi connectivity index (χ0n) is 15.0. The molecular weight excluding hydrogens is 359 g/mol. The van der Waals surface area contributed by atoms with Crippen molar-refractivity contribution < 1.29 is 27.5 Å². The summed E-state index contributed by atoms with van der Waals surface area (Å²) in [5.41, 5.74) is 0.259. The van der Waals surface area contributed by atoms with Crippen molar-refractivity contribution in [1.82, 2.24) is 5.32 Å². The van der Waals surface area contributed by atoms with Crippen LogP contribution in [-0.4, -0.2) is 18.4 Å². The molecule has 0 aliphatic heterocycles. The predicted octanol–water partition coefficient (Wildman–Crippen LogP) is 4.76. The van der Waals surface area contributed by atoms with Crippen LogP contribution in [0.25, 0.3) is 0 Å². The fourth-order valence-corrected chi connectivity index (χ4v) is 2.48. The summed E-state index contributed by atoms with van der Waals surface area (Å²) in [6.45, 7) is 3.08. The van der Waals surface area contributed by atoms with Crippen LogP contribution in [0.15, 0.2) is 48.5 Å². The molecule has 0 aromatic heterocycles. The number of rotatable bonds is 6. The summed E-state index contributed by atoms with van der Waals surface area (Å²) >= 11 is 0. The number of nitrogens with one attached hydrogen (secondary N) is 1. The molecule has 0 aliphatic carbocycles. The van der Waals surface area contributed by atoms with Crippen LogP contribution in [-0.2, 0) is 17.5 Å². The monoisotopic (exact) mass is 379 g/mol. The molecule has 4 nitrogen and oxygen atoms in total. The number of halogens is 3. The molecule has 1 amide bonds. The van der Waals surface area contributed by atoms with Gasteiger partial charge >= 0.3 is 12.3 Å². The minimum atomic E-state index is -4.52. The second kappa shape index (κ2) is 8.70. The van der Waals surface area contributed by atoms with Crippen molar-refractivity contribution in [2.45, 2.75) is 26.6 Å². The molecule has 7 heteroatoms. The van der Waals surface area contributed by atoms with Crippen molar-refractivity contribution in [2.75, 3.05) is 6.54 Å². The third kappa shape index (κ3) is 6.13. The van der Waals surface area contributed by atoms with Gasteiger partial charge in [-0.15, -0.1) is 0 Å². The van der Waals surface area contributed by atoms with Crippen LogP contribution >= 0.6 is 0 Å². The van der Waals surface area contributed by atoms with Crippen LogP contribution in [0.1, 0.15) is 34.0 Å². The lowest BCUT2D eigenvalue weighted by atomic mass is 9.96. The highest BCUT2D eigenvalue weighted by atomic mass is 19.4. The topological polar surface area (TPSA) is 55.4 Å². The summed E-state index contributed by atoms with van der Waals surface area (Å²) in [5, 5.41) is 2.46. The maximum atomic E-state index is 12.9. The Morgan fingerprint density at radius 1 is 1.11 bits per heavy atom. The predicted molar refractivity (Wildman–Crippen MR) is 94.3 cm³/mol. The fraction of sp³-hybridized carbons (Fsp3) is 0.300. The standard InChI is InChI=1S/C20H20F3NO3/c1-13-8-16(10-17(9-13)20(21,22)23)18(25)14(2)11-24-19(26)27-12-15-6-4-3-5-7-15/h3-10,14H,11-12H2,1-2H3,(H,24,26). The Kier molecular flexibility index (Phi) is 6.60. The molecule has 0 spiro atoms. The van der Waals surface area contributed by atoms with Gasteiger partial charge in [0.05, 0.1) is 5.56 Å². The number of Topliss-reactive ketones (excluding diaryl/α,β-unsaturated/α-hetero) is 1. The average Bonchev–Trinajstić information content (AvgIpc) is 2.63. The Hall–Kier alpha value is -2.83. The van der Waals surface area contributed by atoms with Gasteiger partial charge in [0.15, 0.2) is 5.78 Å². The van der Waals surface area contributed by atoms with E-state index in [0.29, 0.717) is 5.56 Å². The summed E-state index contributed by atoms with van der Waals surface area (Å²) in [5.74, 6) is -1.18. The molecule has 0 radical (unpaired) electrons. The SMILES string of the molecule is Cc1cc(C(=O)C(C)CNC(=O)OCc2ccccc2)cc(C(F)(F)F)c1. The molecule has 0 saturated heterocycles. The first-order valence-electron chi connectivity index (χ1n) is 8.34. The number of hydrogen-bond donors (Lipinski definition) is 1. The highest BCUT2D eigenvalue weighted by Gasteiger charge is 2.31. The van der Waals surface area contributed by atoms with E-state index in [9.17, 15) is 22.8 Å². The van der Waals surface area contributed by atoms with Crippen LogP contribution in [0.2, 0.25) is 0 Å². The van der Waals surface area contributed by atoms with E-state index < -0.39 is 29.5 Å². The van der Waals surface area contributed by atoms with Gasteiger partial charge < -0.3 is 10.1 Å². The number of alkyl halides is 3. The molecule has 0 bridgehead atoms. The molecule has 0 aliphatic rings. The van der Waals surface area contributed by atoms with Crippen molar-refractivity contribution in [1.29, 1.82) is 0 Å². The maximum absolute atomic E-state index is 12.9. The quantitative estimate of drug-likeness (QED) is 0.737.